The van der Waals surface area contributed by atoms with Crippen LogP contribution >= 0.6 is 0 Å². The summed E-state index contributed by atoms with van der Waals surface area (Å²) in [5, 5.41) is 8.80. The molecule has 0 aromatic carbocycles. The van der Waals surface area contributed by atoms with E-state index in [0.29, 0.717) is 0 Å². The first-order valence-corrected chi connectivity index (χ1v) is 1.16. The van der Waals surface area contributed by atoms with Gasteiger partial charge in [0.25, 0.3) is 0 Å². The smallest absolute Gasteiger partial charge is 0.0946 e. The van der Waals surface area contributed by atoms with E-state index in [1.54, 1.807) is 0 Å². The molecule has 0 bridgehead atoms. The standard InChI is InChI=1S/CHO2Si/c2-1(3)4/h(H,2,3)/p-1. The van der Waals surface area contributed by atoms with Gasteiger partial charge in [-0.05, 0) is 0 Å². The number of rotatable bonds is 0. The average Bonchev–Trinajstić information content (AvgIpc) is 0.811. The molecule has 0 rings (SSSR count). The number of hydrogen-bond donors (Lipinski definition) is 0. The largest absolute Gasteiger partial charge is 0.556 e. The lowest BCUT2D eigenvalue weighted by molar-refractivity contribution is -0.234. The molecule has 3 radical (unpaired) electrons. The molecule has 0 amide bonds. The Morgan fingerprint density at radius 1 is 2.00 bits per heavy atom. The van der Waals surface area contributed by atoms with E-state index >= 15 is 0 Å². The lowest BCUT2D eigenvalue weighted by Gasteiger charge is -1.76. The third kappa shape index (κ3) is 8.12. The van der Waals surface area contributed by atoms with Crippen LogP contribution in [0.2, 0.25) is 0 Å². The first kappa shape index (κ1) is 3.69. The van der Waals surface area contributed by atoms with Crippen molar-refractivity contribution >= 4 is 15.8 Å². The summed E-state index contributed by atoms with van der Waals surface area (Å²) in [5.41, 5.74) is -1.28. The second kappa shape index (κ2) is 1.06. The molecule has 21 valence electrons. The van der Waals surface area contributed by atoms with Crippen molar-refractivity contribution in [3.8, 4) is 0 Å². The second-order valence-corrected chi connectivity index (χ2v) is 0.696. The minimum absolute atomic E-state index is 1.28. The molecule has 0 atom stereocenters. The van der Waals surface area contributed by atoms with Gasteiger partial charge in [0, 0.05) is 5.59 Å². The molecule has 0 N–H and O–H groups in total. The molecule has 0 saturated heterocycles. The molecule has 0 saturated carbocycles. The SMILES string of the molecule is O=C([O-])[Si]. The van der Waals surface area contributed by atoms with Gasteiger partial charge >= 0.3 is 0 Å². The van der Waals surface area contributed by atoms with Crippen LogP contribution in [0.15, 0.2) is 0 Å². The van der Waals surface area contributed by atoms with Crippen LogP contribution in [0.25, 0.3) is 0 Å². The zero-order chi connectivity index (χ0) is 3.58. The number of carbonyl (C=O) groups is 1. The van der Waals surface area contributed by atoms with Gasteiger partial charge in [-0.2, -0.15) is 0 Å². The van der Waals surface area contributed by atoms with Crippen LogP contribution in [0.5, 0.6) is 0 Å². The third-order valence-corrected chi connectivity index (χ3v) is 0. The summed E-state index contributed by atoms with van der Waals surface area (Å²) in [4.78, 5) is 8.80. The minimum atomic E-state index is -1.28. The van der Waals surface area contributed by atoms with Gasteiger partial charge in [0.15, 0.2) is 0 Å². The van der Waals surface area contributed by atoms with E-state index < -0.39 is 5.59 Å². The molecule has 0 aromatic heterocycles. The highest BCUT2D eigenvalue weighted by molar-refractivity contribution is 6.53. The van der Waals surface area contributed by atoms with Crippen LogP contribution < -0.4 is 5.11 Å². The molecule has 0 fully saturated rings. The molecule has 2 nitrogen and oxygen atoms in total. The van der Waals surface area contributed by atoms with Crippen LogP contribution in [0.3, 0.4) is 0 Å². The van der Waals surface area contributed by atoms with Gasteiger partial charge in [-0.3, -0.25) is 0 Å². The van der Waals surface area contributed by atoms with E-state index in [1.807, 2.05) is 0 Å². The highest BCUT2D eigenvalue weighted by atomic mass is 28.1. The first-order chi connectivity index (χ1) is 1.73. The van der Waals surface area contributed by atoms with Crippen molar-refractivity contribution < 1.29 is 9.90 Å². The van der Waals surface area contributed by atoms with Gasteiger partial charge in [-0.25, -0.2) is 0 Å². The fourth-order valence-electron chi connectivity index (χ4n) is 0. The quantitative estimate of drug-likeness (QED) is 0.327. The summed E-state index contributed by atoms with van der Waals surface area (Å²) in [7, 11) is 2.12. The normalized spacial score (nSPS) is 6.25. The van der Waals surface area contributed by atoms with E-state index in [2.05, 4.69) is 10.2 Å². The zero-order valence-corrected chi connectivity index (χ0v) is 2.82. The van der Waals surface area contributed by atoms with Crippen molar-refractivity contribution in [1.82, 2.24) is 0 Å². The van der Waals surface area contributed by atoms with Crippen molar-refractivity contribution in [3.63, 3.8) is 0 Å². The molecule has 0 unspecified atom stereocenters. The molecule has 0 aliphatic carbocycles. The molecule has 4 heavy (non-hydrogen) atoms. The molecular weight excluding hydrogens is 72.1 g/mol. The number of carboxylic acid groups (broad SMARTS) is 1. The Morgan fingerprint density at radius 3 is 2.00 bits per heavy atom. The predicted octanol–water partition coefficient (Wildman–Crippen LogP) is -1.50. The lowest BCUT2D eigenvalue weighted by atomic mass is 11.6. The molecule has 0 spiro atoms. The predicted molar refractivity (Wildman–Crippen MR) is 11.1 cm³/mol. The molecule has 0 aromatic rings. The summed E-state index contributed by atoms with van der Waals surface area (Å²) in [6.45, 7) is 0. The van der Waals surface area contributed by atoms with E-state index in [-0.39, 0.29) is 0 Å². The van der Waals surface area contributed by atoms with Gasteiger partial charge < -0.3 is 9.90 Å². The second-order valence-electron chi connectivity index (χ2n) is 0.287. The van der Waals surface area contributed by atoms with Gasteiger partial charge in [-0.1, -0.05) is 0 Å². The fraction of sp³-hybridized carbons (Fsp3) is 0. The Bertz CT molecular complexity index is 29.0. The third-order valence-electron chi connectivity index (χ3n) is 0. The summed E-state index contributed by atoms with van der Waals surface area (Å²) >= 11 is 0. The van der Waals surface area contributed by atoms with E-state index in [1.165, 1.54) is 0 Å². The maximum atomic E-state index is 8.80. The summed E-state index contributed by atoms with van der Waals surface area (Å²) in [6.07, 6.45) is 0. The summed E-state index contributed by atoms with van der Waals surface area (Å²) < 4.78 is 0. The van der Waals surface area contributed by atoms with Crippen molar-refractivity contribution in [2.24, 2.45) is 0 Å². The fourth-order valence-corrected chi connectivity index (χ4v) is 0. The topological polar surface area (TPSA) is 40.1 Å². The van der Waals surface area contributed by atoms with E-state index in [0.717, 1.165) is 0 Å². The van der Waals surface area contributed by atoms with Crippen molar-refractivity contribution in [2.45, 2.75) is 0 Å². The minimum Gasteiger partial charge on any atom is -0.556 e. The van der Waals surface area contributed by atoms with Crippen molar-refractivity contribution in [2.75, 3.05) is 0 Å². The number of carbonyl (C=O) groups excluding carboxylic acids is 1. The maximum Gasteiger partial charge on any atom is 0.0946 e. The molecule has 0 heterocycles. The van der Waals surface area contributed by atoms with Crippen LogP contribution in [-0.4, -0.2) is 15.8 Å². The molecule has 0 aliphatic heterocycles. The number of hydrogen-bond acceptors (Lipinski definition) is 2. The molecule has 3 heteroatoms. The molecular formula is CO2Si-. The van der Waals surface area contributed by atoms with Gasteiger partial charge in [0.05, 0.1) is 10.2 Å². The van der Waals surface area contributed by atoms with Crippen LogP contribution in [0.4, 0.5) is 4.79 Å². The Balaban J connectivity index is 2.80. The van der Waals surface area contributed by atoms with Crippen LogP contribution in [-0.2, 0) is 0 Å². The monoisotopic (exact) mass is 72.0 g/mol. The van der Waals surface area contributed by atoms with Gasteiger partial charge in [-0.15, -0.1) is 0 Å². The maximum absolute atomic E-state index is 8.80. The van der Waals surface area contributed by atoms with Crippen molar-refractivity contribution in [1.29, 1.82) is 0 Å². The zero-order valence-electron chi connectivity index (χ0n) is 1.82. The Hall–Kier alpha value is -0.313. The lowest BCUT2D eigenvalue weighted by Crippen LogP contribution is -2.18. The first-order valence-electron chi connectivity index (χ1n) is 0.658. The molecule has 0 aliphatic rings. The van der Waals surface area contributed by atoms with E-state index in [9.17, 15) is 0 Å². The summed E-state index contributed by atoms with van der Waals surface area (Å²) in [6, 6.07) is 0. The summed E-state index contributed by atoms with van der Waals surface area (Å²) in [5.74, 6) is 0. The Kier molecular flexibility index (Phi) is 0.976. The average molecular weight is 72.1 g/mol. The van der Waals surface area contributed by atoms with Crippen molar-refractivity contribution in [3.05, 3.63) is 0 Å². The van der Waals surface area contributed by atoms with Crippen LogP contribution in [0.1, 0.15) is 0 Å². The highest BCUT2D eigenvalue weighted by Crippen LogP contribution is 1.31. The Morgan fingerprint density at radius 2 is 2.00 bits per heavy atom. The van der Waals surface area contributed by atoms with Gasteiger partial charge in [0.1, 0.15) is 0 Å². The Labute approximate surface area is 26.9 Å². The highest BCUT2D eigenvalue weighted by Gasteiger charge is 1.48. The van der Waals surface area contributed by atoms with Gasteiger partial charge in [0.2, 0.25) is 0 Å². The van der Waals surface area contributed by atoms with Crippen LogP contribution in [0, 0.1) is 0 Å². The van der Waals surface area contributed by atoms with E-state index in [4.69, 9.17) is 9.90 Å².